The minimum Gasteiger partial charge on any atom is -0.497 e. The predicted molar refractivity (Wildman–Crippen MR) is 106 cm³/mol. The molecule has 0 heterocycles. The van der Waals surface area contributed by atoms with Crippen LogP contribution < -0.4 is 20.3 Å². The smallest absolute Gasteiger partial charge is 0.170 e. The lowest BCUT2D eigenvalue weighted by Gasteiger charge is -2.23. The first-order chi connectivity index (χ1) is 11.7. The molecule has 0 spiro atoms. The van der Waals surface area contributed by atoms with Crippen LogP contribution in [-0.2, 0) is 0 Å². The number of thiocarbonyl (C=S) groups is 1. The van der Waals surface area contributed by atoms with Crippen molar-refractivity contribution >= 4 is 28.7 Å². The van der Waals surface area contributed by atoms with Crippen LogP contribution in [0.15, 0.2) is 54.6 Å². The molecular weight excluding hydrogens is 318 g/mol. The summed E-state index contributed by atoms with van der Waals surface area (Å²) in [4.78, 5) is 2.36. The number of benzene rings is 2. The van der Waals surface area contributed by atoms with Crippen LogP contribution in [0.4, 0.5) is 11.4 Å². The Bertz CT molecular complexity index is 634. The van der Waals surface area contributed by atoms with Crippen molar-refractivity contribution in [1.82, 2.24) is 5.32 Å². The second-order valence-corrected chi connectivity index (χ2v) is 5.79. The van der Waals surface area contributed by atoms with Crippen molar-refractivity contribution in [2.75, 3.05) is 37.0 Å². The zero-order valence-corrected chi connectivity index (χ0v) is 15.1. The minimum atomic E-state index is 0.631. The van der Waals surface area contributed by atoms with E-state index in [-0.39, 0.29) is 0 Å². The third kappa shape index (κ3) is 5.74. The van der Waals surface area contributed by atoms with E-state index in [4.69, 9.17) is 17.0 Å². The number of anilines is 2. The van der Waals surface area contributed by atoms with E-state index >= 15 is 0 Å². The van der Waals surface area contributed by atoms with E-state index in [1.165, 1.54) is 5.69 Å². The van der Waals surface area contributed by atoms with Crippen LogP contribution >= 0.6 is 12.2 Å². The Labute approximate surface area is 149 Å². The molecule has 0 radical (unpaired) electrons. The molecular formula is C19H25N3OS. The molecule has 0 aliphatic rings. The maximum atomic E-state index is 5.34. The van der Waals surface area contributed by atoms with Gasteiger partial charge in [-0.2, -0.15) is 0 Å². The summed E-state index contributed by atoms with van der Waals surface area (Å²) in [5.74, 6) is 0.809. The van der Waals surface area contributed by atoms with Gasteiger partial charge in [0.05, 0.1) is 7.11 Å². The second-order valence-electron chi connectivity index (χ2n) is 5.38. The molecule has 0 aromatic heterocycles. The standard InChI is InChI=1S/C19H25N3OS/c1-3-22(17-10-5-4-6-11-17)14-8-13-20-19(24)21-16-9-7-12-18(15-16)23-2/h4-7,9-12,15H,3,8,13-14H2,1-2H3,(H2,20,21,24). The van der Waals surface area contributed by atoms with E-state index in [1.807, 2.05) is 30.3 Å². The molecule has 4 nitrogen and oxygen atoms in total. The van der Waals surface area contributed by atoms with Crippen LogP contribution in [0.3, 0.4) is 0 Å². The van der Waals surface area contributed by atoms with Crippen LogP contribution in [0, 0.1) is 0 Å². The van der Waals surface area contributed by atoms with E-state index in [1.54, 1.807) is 7.11 Å². The van der Waals surface area contributed by atoms with E-state index in [2.05, 4.69) is 46.7 Å². The van der Waals surface area contributed by atoms with Gasteiger partial charge in [0.25, 0.3) is 0 Å². The van der Waals surface area contributed by atoms with Gasteiger partial charge in [0.1, 0.15) is 5.75 Å². The average Bonchev–Trinajstić information content (AvgIpc) is 2.62. The summed E-state index contributed by atoms with van der Waals surface area (Å²) < 4.78 is 5.21. The van der Waals surface area contributed by atoms with Gasteiger partial charge >= 0.3 is 0 Å². The SMILES string of the molecule is CCN(CCCNC(=S)Nc1cccc(OC)c1)c1ccccc1. The van der Waals surface area contributed by atoms with E-state index in [0.717, 1.165) is 37.5 Å². The summed E-state index contributed by atoms with van der Waals surface area (Å²) in [5, 5.41) is 7.06. The van der Waals surface area contributed by atoms with Crippen LogP contribution in [0.2, 0.25) is 0 Å². The molecule has 5 heteroatoms. The van der Waals surface area contributed by atoms with Crippen LogP contribution in [-0.4, -0.2) is 31.9 Å². The number of rotatable bonds is 8. The summed E-state index contributed by atoms with van der Waals surface area (Å²) in [6, 6.07) is 18.2. The zero-order chi connectivity index (χ0) is 17.2. The average molecular weight is 343 g/mol. The van der Waals surface area contributed by atoms with Crippen LogP contribution in [0.25, 0.3) is 0 Å². The van der Waals surface area contributed by atoms with Crippen molar-refractivity contribution in [3.8, 4) is 5.75 Å². The highest BCUT2D eigenvalue weighted by Crippen LogP contribution is 2.16. The molecule has 0 fully saturated rings. The maximum absolute atomic E-state index is 5.34. The third-order valence-electron chi connectivity index (χ3n) is 3.72. The van der Waals surface area contributed by atoms with E-state index in [0.29, 0.717) is 5.11 Å². The van der Waals surface area contributed by atoms with Gasteiger partial charge in [-0.15, -0.1) is 0 Å². The van der Waals surface area contributed by atoms with Gasteiger partial charge in [0, 0.05) is 37.1 Å². The summed E-state index contributed by atoms with van der Waals surface area (Å²) in [5.41, 5.74) is 2.18. The Morgan fingerprint density at radius 2 is 1.92 bits per heavy atom. The number of ether oxygens (including phenoxy) is 1. The Balaban J connectivity index is 1.72. The quantitative estimate of drug-likeness (QED) is 0.562. The van der Waals surface area contributed by atoms with Crippen molar-refractivity contribution in [3.05, 3.63) is 54.6 Å². The highest BCUT2D eigenvalue weighted by Gasteiger charge is 2.03. The fraction of sp³-hybridized carbons (Fsp3) is 0.316. The normalized spacial score (nSPS) is 10.1. The number of nitrogens with one attached hydrogen (secondary N) is 2. The monoisotopic (exact) mass is 343 g/mol. The topological polar surface area (TPSA) is 36.5 Å². The molecule has 0 amide bonds. The fourth-order valence-electron chi connectivity index (χ4n) is 2.46. The molecule has 0 bridgehead atoms. The first-order valence-electron chi connectivity index (χ1n) is 8.22. The predicted octanol–water partition coefficient (Wildman–Crippen LogP) is 3.90. The molecule has 2 N–H and O–H groups in total. The van der Waals surface area contributed by atoms with Gasteiger partial charge in [-0.25, -0.2) is 0 Å². The summed E-state index contributed by atoms with van der Waals surface area (Å²) in [6.45, 7) is 5.00. The largest absolute Gasteiger partial charge is 0.497 e. The summed E-state index contributed by atoms with van der Waals surface area (Å²) in [7, 11) is 1.65. The van der Waals surface area contributed by atoms with Gasteiger partial charge in [0.15, 0.2) is 5.11 Å². The van der Waals surface area contributed by atoms with Gasteiger partial charge < -0.3 is 20.3 Å². The van der Waals surface area contributed by atoms with Gasteiger partial charge in [0.2, 0.25) is 0 Å². The van der Waals surface area contributed by atoms with Gasteiger partial charge in [-0.1, -0.05) is 24.3 Å². The summed E-state index contributed by atoms with van der Waals surface area (Å²) >= 11 is 5.34. The van der Waals surface area contributed by atoms with Crippen molar-refractivity contribution < 1.29 is 4.74 Å². The molecule has 128 valence electrons. The first kappa shape index (κ1) is 18.1. The van der Waals surface area contributed by atoms with Crippen molar-refractivity contribution in [1.29, 1.82) is 0 Å². The number of hydrogen-bond donors (Lipinski definition) is 2. The molecule has 0 unspecified atom stereocenters. The molecule has 2 rings (SSSR count). The number of para-hydroxylation sites is 1. The molecule has 0 aliphatic heterocycles. The lowest BCUT2D eigenvalue weighted by molar-refractivity contribution is 0.415. The maximum Gasteiger partial charge on any atom is 0.170 e. The first-order valence-corrected chi connectivity index (χ1v) is 8.62. The van der Waals surface area contributed by atoms with Crippen LogP contribution in [0.5, 0.6) is 5.75 Å². The Morgan fingerprint density at radius 1 is 1.12 bits per heavy atom. The molecule has 0 atom stereocenters. The highest BCUT2D eigenvalue weighted by atomic mass is 32.1. The van der Waals surface area contributed by atoms with Gasteiger partial charge in [-0.05, 0) is 49.8 Å². The number of methoxy groups -OCH3 is 1. The molecule has 24 heavy (non-hydrogen) atoms. The fourth-order valence-corrected chi connectivity index (χ4v) is 2.68. The van der Waals surface area contributed by atoms with E-state index in [9.17, 15) is 0 Å². The minimum absolute atomic E-state index is 0.631. The zero-order valence-electron chi connectivity index (χ0n) is 14.3. The van der Waals surface area contributed by atoms with Crippen molar-refractivity contribution in [3.63, 3.8) is 0 Å². The number of nitrogens with zero attached hydrogens (tertiary/aromatic N) is 1. The second kappa shape index (κ2) is 9.78. The molecule has 2 aromatic carbocycles. The molecule has 0 saturated carbocycles. The van der Waals surface area contributed by atoms with E-state index < -0.39 is 0 Å². The molecule has 0 aliphatic carbocycles. The van der Waals surface area contributed by atoms with Crippen LogP contribution in [0.1, 0.15) is 13.3 Å². The Kier molecular flexibility index (Phi) is 7.36. The molecule has 0 saturated heterocycles. The molecule has 2 aromatic rings. The number of hydrogen-bond acceptors (Lipinski definition) is 3. The Hall–Kier alpha value is -2.27. The summed E-state index contributed by atoms with van der Waals surface area (Å²) in [6.07, 6.45) is 1.02. The Morgan fingerprint density at radius 3 is 2.62 bits per heavy atom. The highest BCUT2D eigenvalue weighted by molar-refractivity contribution is 7.80. The lowest BCUT2D eigenvalue weighted by atomic mass is 10.2. The van der Waals surface area contributed by atoms with Gasteiger partial charge in [-0.3, -0.25) is 0 Å². The van der Waals surface area contributed by atoms with Crippen molar-refractivity contribution in [2.45, 2.75) is 13.3 Å². The van der Waals surface area contributed by atoms with Crippen molar-refractivity contribution in [2.24, 2.45) is 0 Å². The third-order valence-corrected chi connectivity index (χ3v) is 3.97. The lowest BCUT2D eigenvalue weighted by Crippen LogP contribution is -2.32.